The van der Waals surface area contributed by atoms with E-state index < -0.39 is 0 Å². The van der Waals surface area contributed by atoms with Crippen molar-refractivity contribution in [1.29, 1.82) is 0 Å². The van der Waals surface area contributed by atoms with E-state index in [1.54, 1.807) is 13.3 Å². The van der Waals surface area contributed by atoms with Gasteiger partial charge in [-0.3, -0.25) is 4.98 Å². The van der Waals surface area contributed by atoms with E-state index in [4.69, 9.17) is 16.3 Å². The highest BCUT2D eigenvalue weighted by molar-refractivity contribution is 6.31. The summed E-state index contributed by atoms with van der Waals surface area (Å²) in [6, 6.07) is 7.67. The SMILES string of the molecule is COc1cccc(Cl)c1CNc1cncc(C)c1. The molecule has 0 atom stereocenters. The van der Waals surface area contributed by atoms with Crippen molar-refractivity contribution in [3.8, 4) is 5.75 Å². The van der Waals surface area contributed by atoms with Crippen LogP contribution in [-0.2, 0) is 6.54 Å². The Hall–Kier alpha value is -1.74. The quantitative estimate of drug-likeness (QED) is 0.913. The Balaban J connectivity index is 2.15. The van der Waals surface area contributed by atoms with Gasteiger partial charge in [-0.25, -0.2) is 0 Å². The van der Waals surface area contributed by atoms with Gasteiger partial charge in [-0.05, 0) is 30.7 Å². The van der Waals surface area contributed by atoms with Gasteiger partial charge in [-0.2, -0.15) is 0 Å². The molecule has 0 unspecified atom stereocenters. The van der Waals surface area contributed by atoms with Gasteiger partial charge in [0.05, 0.1) is 12.8 Å². The number of methoxy groups -OCH3 is 1. The number of nitrogens with one attached hydrogen (secondary N) is 1. The minimum absolute atomic E-state index is 0.605. The maximum Gasteiger partial charge on any atom is 0.125 e. The highest BCUT2D eigenvalue weighted by atomic mass is 35.5. The molecular formula is C14H15ClN2O. The monoisotopic (exact) mass is 262 g/mol. The van der Waals surface area contributed by atoms with Crippen LogP contribution in [0.3, 0.4) is 0 Å². The summed E-state index contributed by atoms with van der Waals surface area (Å²) in [7, 11) is 1.64. The lowest BCUT2D eigenvalue weighted by Gasteiger charge is -2.12. The van der Waals surface area contributed by atoms with E-state index in [9.17, 15) is 0 Å². The summed E-state index contributed by atoms with van der Waals surface area (Å²) in [6.07, 6.45) is 3.61. The molecule has 94 valence electrons. The number of pyridine rings is 1. The number of ether oxygens (including phenoxy) is 1. The first kappa shape index (κ1) is 12.7. The molecule has 0 aliphatic rings. The number of rotatable bonds is 4. The van der Waals surface area contributed by atoms with E-state index in [0.29, 0.717) is 11.6 Å². The Kier molecular flexibility index (Phi) is 4.05. The first-order valence-corrected chi connectivity index (χ1v) is 6.05. The second kappa shape index (κ2) is 5.74. The van der Waals surface area contributed by atoms with Crippen LogP contribution < -0.4 is 10.1 Å². The van der Waals surface area contributed by atoms with Gasteiger partial charge in [0.15, 0.2) is 0 Å². The molecule has 0 aliphatic heterocycles. The molecule has 0 saturated carbocycles. The fourth-order valence-electron chi connectivity index (χ4n) is 1.74. The first-order valence-electron chi connectivity index (χ1n) is 5.67. The van der Waals surface area contributed by atoms with Crippen LogP contribution in [0, 0.1) is 6.92 Å². The summed E-state index contributed by atoms with van der Waals surface area (Å²) in [4.78, 5) is 4.13. The van der Waals surface area contributed by atoms with E-state index in [-0.39, 0.29) is 0 Å². The van der Waals surface area contributed by atoms with Gasteiger partial charge in [0.25, 0.3) is 0 Å². The number of hydrogen-bond acceptors (Lipinski definition) is 3. The summed E-state index contributed by atoms with van der Waals surface area (Å²) < 4.78 is 5.30. The van der Waals surface area contributed by atoms with Crippen molar-refractivity contribution in [3.05, 3.63) is 52.8 Å². The van der Waals surface area contributed by atoms with Crippen molar-refractivity contribution in [1.82, 2.24) is 4.98 Å². The van der Waals surface area contributed by atoms with Crippen molar-refractivity contribution in [2.75, 3.05) is 12.4 Å². The Morgan fingerprint density at radius 1 is 1.33 bits per heavy atom. The highest BCUT2D eigenvalue weighted by Crippen LogP contribution is 2.26. The van der Waals surface area contributed by atoms with Crippen molar-refractivity contribution >= 4 is 17.3 Å². The number of anilines is 1. The number of benzene rings is 1. The fraction of sp³-hybridized carbons (Fsp3) is 0.214. The van der Waals surface area contributed by atoms with Crippen LogP contribution in [0.1, 0.15) is 11.1 Å². The third-order valence-electron chi connectivity index (χ3n) is 2.64. The molecule has 0 aliphatic carbocycles. The van der Waals surface area contributed by atoms with Gasteiger partial charge in [-0.1, -0.05) is 17.7 Å². The predicted molar refractivity (Wildman–Crippen MR) is 74.3 cm³/mol. The molecular weight excluding hydrogens is 248 g/mol. The number of hydrogen-bond donors (Lipinski definition) is 1. The van der Waals surface area contributed by atoms with Crippen LogP contribution >= 0.6 is 11.6 Å². The fourth-order valence-corrected chi connectivity index (χ4v) is 1.98. The molecule has 2 rings (SSSR count). The second-order valence-electron chi connectivity index (χ2n) is 4.03. The minimum Gasteiger partial charge on any atom is -0.496 e. The largest absolute Gasteiger partial charge is 0.496 e. The van der Waals surface area contributed by atoms with Crippen LogP contribution in [0.4, 0.5) is 5.69 Å². The summed E-state index contributed by atoms with van der Waals surface area (Å²) >= 11 is 6.17. The summed E-state index contributed by atoms with van der Waals surface area (Å²) in [5, 5.41) is 3.99. The smallest absolute Gasteiger partial charge is 0.125 e. The Morgan fingerprint density at radius 2 is 2.17 bits per heavy atom. The molecule has 1 heterocycles. The minimum atomic E-state index is 0.605. The second-order valence-corrected chi connectivity index (χ2v) is 4.43. The van der Waals surface area contributed by atoms with Gasteiger partial charge in [0.1, 0.15) is 5.75 Å². The number of aryl methyl sites for hydroxylation is 1. The molecule has 0 radical (unpaired) electrons. The average molecular weight is 263 g/mol. The molecule has 0 fully saturated rings. The lowest BCUT2D eigenvalue weighted by Crippen LogP contribution is -2.03. The maximum absolute atomic E-state index is 6.17. The normalized spacial score (nSPS) is 10.2. The van der Waals surface area contributed by atoms with E-state index in [0.717, 1.165) is 22.6 Å². The number of nitrogens with zero attached hydrogens (tertiary/aromatic N) is 1. The van der Waals surface area contributed by atoms with Crippen molar-refractivity contribution in [3.63, 3.8) is 0 Å². The zero-order valence-electron chi connectivity index (χ0n) is 10.4. The van der Waals surface area contributed by atoms with Gasteiger partial charge in [0, 0.05) is 29.5 Å². The first-order chi connectivity index (χ1) is 8.70. The molecule has 0 spiro atoms. The molecule has 3 nitrogen and oxygen atoms in total. The molecule has 4 heteroatoms. The predicted octanol–water partition coefficient (Wildman–Crippen LogP) is 3.66. The van der Waals surface area contributed by atoms with Gasteiger partial charge >= 0.3 is 0 Å². The third kappa shape index (κ3) is 2.93. The van der Waals surface area contributed by atoms with Gasteiger partial charge in [0.2, 0.25) is 0 Å². The van der Waals surface area contributed by atoms with Crippen LogP contribution in [-0.4, -0.2) is 12.1 Å². The lowest BCUT2D eigenvalue weighted by molar-refractivity contribution is 0.410. The van der Waals surface area contributed by atoms with Crippen molar-refractivity contribution in [2.45, 2.75) is 13.5 Å². The molecule has 0 amide bonds. The topological polar surface area (TPSA) is 34.1 Å². The highest BCUT2D eigenvalue weighted by Gasteiger charge is 2.07. The molecule has 1 aromatic heterocycles. The molecule has 1 aromatic carbocycles. The molecule has 18 heavy (non-hydrogen) atoms. The van der Waals surface area contributed by atoms with Gasteiger partial charge < -0.3 is 10.1 Å². The standard InChI is InChI=1S/C14H15ClN2O/c1-10-6-11(8-16-7-10)17-9-12-13(15)4-3-5-14(12)18-2/h3-8,17H,9H2,1-2H3. The van der Waals surface area contributed by atoms with E-state index in [1.807, 2.05) is 37.4 Å². The van der Waals surface area contributed by atoms with Gasteiger partial charge in [-0.15, -0.1) is 0 Å². The summed E-state index contributed by atoms with van der Waals surface area (Å²) in [5.41, 5.74) is 3.03. The Morgan fingerprint density at radius 3 is 2.89 bits per heavy atom. The molecule has 2 aromatic rings. The lowest BCUT2D eigenvalue weighted by atomic mass is 10.2. The molecule has 0 bridgehead atoms. The van der Waals surface area contributed by atoms with Crippen LogP contribution in [0.15, 0.2) is 36.7 Å². The zero-order chi connectivity index (χ0) is 13.0. The summed E-state index contributed by atoms with van der Waals surface area (Å²) in [6.45, 7) is 2.61. The van der Waals surface area contributed by atoms with Crippen LogP contribution in [0.5, 0.6) is 5.75 Å². The van der Waals surface area contributed by atoms with Crippen molar-refractivity contribution in [2.24, 2.45) is 0 Å². The third-order valence-corrected chi connectivity index (χ3v) is 2.99. The van der Waals surface area contributed by atoms with Crippen molar-refractivity contribution < 1.29 is 4.74 Å². The zero-order valence-corrected chi connectivity index (χ0v) is 11.2. The van der Waals surface area contributed by atoms with E-state index in [2.05, 4.69) is 10.3 Å². The molecule has 0 saturated heterocycles. The van der Waals surface area contributed by atoms with Crippen LogP contribution in [0.25, 0.3) is 0 Å². The number of aromatic nitrogens is 1. The van der Waals surface area contributed by atoms with E-state index in [1.165, 1.54) is 0 Å². The number of halogens is 1. The molecule has 1 N–H and O–H groups in total. The summed E-state index contributed by atoms with van der Waals surface area (Å²) in [5.74, 6) is 0.788. The Bertz CT molecular complexity index is 543. The van der Waals surface area contributed by atoms with E-state index >= 15 is 0 Å². The average Bonchev–Trinajstić information content (AvgIpc) is 2.37. The van der Waals surface area contributed by atoms with Crippen LogP contribution in [0.2, 0.25) is 5.02 Å². The Labute approximate surface area is 112 Å². The maximum atomic E-state index is 6.17.